The highest BCUT2D eigenvalue weighted by atomic mass is 16.4. The van der Waals surface area contributed by atoms with Crippen LogP contribution in [-0.2, 0) is 24.1 Å². The molecule has 6 heteroatoms. The molecule has 0 bridgehead atoms. The van der Waals surface area contributed by atoms with Crippen molar-refractivity contribution in [2.45, 2.75) is 19.3 Å². The highest BCUT2D eigenvalue weighted by Crippen LogP contribution is 2.09. The first kappa shape index (κ1) is 18.4. The number of aliphatic hydroxyl groups excluding tert-OH is 1. The van der Waals surface area contributed by atoms with Crippen molar-refractivity contribution in [3.8, 4) is 0 Å². The van der Waals surface area contributed by atoms with Gasteiger partial charge in [0.1, 0.15) is 5.82 Å². The fourth-order valence-electron chi connectivity index (χ4n) is 2.35. The molecule has 0 radical (unpaired) electrons. The molecule has 130 valence electrons. The van der Waals surface area contributed by atoms with Crippen molar-refractivity contribution in [2.24, 2.45) is 0 Å². The largest absolute Gasteiger partial charge is 0.481 e. The van der Waals surface area contributed by atoms with Gasteiger partial charge in [0.25, 0.3) is 0 Å². The average molecular weight is 339 g/mol. The third kappa shape index (κ3) is 5.54. The molecule has 0 fully saturated rings. The fraction of sp³-hybridized carbons (Fsp3) is 0.211. The van der Waals surface area contributed by atoms with Crippen LogP contribution in [0, 0.1) is 0 Å². The summed E-state index contributed by atoms with van der Waals surface area (Å²) < 4.78 is 0. The Hall–Kier alpha value is -2.99. The molecular weight excluding hydrogens is 318 g/mol. The van der Waals surface area contributed by atoms with E-state index in [1.54, 1.807) is 6.08 Å². The minimum Gasteiger partial charge on any atom is -0.481 e. The van der Waals surface area contributed by atoms with Crippen molar-refractivity contribution < 1.29 is 15.0 Å². The number of allylic oxidation sites excluding steroid dienone is 1. The zero-order valence-electron chi connectivity index (χ0n) is 13.9. The first-order valence-corrected chi connectivity index (χ1v) is 7.94. The van der Waals surface area contributed by atoms with Crippen molar-refractivity contribution in [3.63, 3.8) is 0 Å². The van der Waals surface area contributed by atoms with Crippen molar-refractivity contribution in [2.75, 3.05) is 6.61 Å². The third-order valence-corrected chi connectivity index (χ3v) is 3.44. The molecule has 3 rings (SSSR count). The van der Waals surface area contributed by atoms with Crippen molar-refractivity contribution in [3.05, 3.63) is 72.5 Å². The first-order chi connectivity index (χ1) is 12.1. The van der Waals surface area contributed by atoms with Gasteiger partial charge in [0.05, 0.1) is 24.2 Å². The van der Waals surface area contributed by atoms with Gasteiger partial charge in [0.2, 0.25) is 0 Å². The third-order valence-electron chi connectivity index (χ3n) is 3.44. The minimum atomic E-state index is -0.903. The number of nitrogens with one attached hydrogen (secondary N) is 1. The summed E-state index contributed by atoms with van der Waals surface area (Å²) in [5.41, 5.74) is 2.34. The molecule has 0 aliphatic rings. The van der Waals surface area contributed by atoms with Crippen LogP contribution in [-0.4, -0.2) is 37.7 Å². The standard InChI is InChI=1S/C10H14N2O3.C9H7N/c1-2-3-7-8(6-10(14)15)12-9(11-7)4-5-13;1-2-6-9-8(4-1)5-3-7-10-9/h2,13H,1,3-6H2,(H,11,12)(H,14,15);1-7H. The number of carboxylic acids is 1. The molecule has 0 spiro atoms. The molecule has 3 aromatic rings. The molecule has 2 heterocycles. The van der Waals surface area contributed by atoms with Gasteiger partial charge in [-0.25, -0.2) is 4.98 Å². The normalized spacial score (nSPS) is 10.1. The van der Waals surface area contributed by atoms with Crippen LogP contribution in [0.15, 0.2) is 55.3 Å². The lowest BCUT2D eigenvalue weighted by atomic mass is 10.2. The Kier molecular flexibility index (Phi) is 6.86. The second-order valence-electron chi connectivity index (χ2n) is 5.34. The van der Waals surface area contributed by atoms with Crippen LogP contribution < -0.4 is 0 Å². The van der Waals surface area contributed by atoms with Crippen molar-refractivity contribution in [1.82, 2.24) is 15.0 Å². The van der Waals surface area contributed by atoms with Gasteiger partial charge in [-0.3, -0.25) is 9.78 Å². The molecule has 0 unspecified atom stereocenters. The molecule has 0 aliphatic carbocycles. The Bertz CT molecular complexity index is 777. The minimum absolute atomic E-state index is 0.00639. The molecule has 6 nitrogen and oxygen atoms in total. The van der Waals surface area contributed by atoms with Crippen LogP contribution in [0.25, 0.3) is 10.9 Å². The number of pyridine rings is 1. The number of aliphatic hydroxyl groups is 1. The number of rotatable bonds is 6. The van der Waals surface area contributed by atoms with Gasteiger partial charge in [0, 0.05) is 30.1 Å². The number of para-hydroxylation sites is 1. The number of carbonyl (C=O) groups is 1. The number of aliphatic carboxylic acids is 1. The number of carboxylic acid groups (broad SMARTS) is 1. The number of fused-ring (bicyclic) bond motifs is 1. The lowest BCUT2D eigenvalue weighted by Gasteiger charge is -1.94. The van der Waals surface area contributed by atoms with Crippen LogP contribution in [0.4, 0.5) is 0 Å². The number of imidazole rings is 1. The highest BCUT2D eigenvalue weighted by Gasteiger charge is 2.11. The summed E-state index contributed by atoms with van der Waals surface area (Å²) in [5, 5.41) is 18.6. The molecule has 0 aliphatic heterocycles. The number of aromatic amines is 1. The van der Waals surface area contributed by atoms with E-state index in [9.17, 15) is 4.79 Å². The summed E-state index contributed by atoms with van der Waals surface area (Å²) >= 11 is 0. The van der Waals surface area contributed by atoms with Crippen LogP contribution in [0.2, 0.25) is 0 Å². The summed E-state index contributed by atoms with van der Waals surface area (Å²) in [5.74, 6) is -0.287. The predicted molar refractivity (Wildman–Crippen MR) is 96.4 cm³/mol. The van der Waals surface area contributed by atoms with Gasteiger partial charge in [-0.2, -0.15) is 0 Å². The topological polar surface area (TPSA) is 99.1 Å². The quantitative estimate of drug-likeness (QED) is 0.599. The summed E-state index contributed by atoms with van der Waals surface area (Å²) in [6.07, 6.45) is 4.34. The summed E-state index contributed by atoms with van der Waals surface area (Å²) in [7, 11) is 0. The maximum absolute atomic E-state index is 10.6. The van der Waals surface area contributed by atoms with E-state index >= 15 is 0 Å². The Morgan fingerprint density at radius 3 is 2.68 bits per heavy atom. The van der Waals surface area contributed by atoms with Gasteiger partial charge < -0.3 is 15.2 Å². The number of benzene rings is 1. The average Bonchev–Trinajstić information content (AvgIpc) is 2.97. The number of aromatic nitrogens is 3. The molecule has 0 saturated heterocycles. The van der Waals surface area contributed by atoms with Crippen LogP contribution in [0.1, 0.15) is 17.2 Å². The Labute approximate surface area is 145 Å². The van der Waals surface area contributed by atoms with Gasteiger partial charge in [-0.05, 0) is 12.1 Å². The van der Waals surface area contributed by atoms with Gasteiger partial charge in [0.15, 0.2) is 0 Å². The molecule has 25 heavy (non-hydrogen) atoms. The van der Waals surface area contributed by atoms with Crippen molar-refractivity contribution in [1.29, 1.82) is 0 Å². The van der Waals surface area contributed by atoms with E-state index in [-0.39, 0.29) is 13.0 Å². The number of hydrogen-bond acceptors (Lipinski definition) is 4. The second-order valence-corrected chi connectivity index (χ2v) is 5.34. The molecule has 3 N–H and O–H groups in total. The Morgan fingerprint density at radius 1 is 1.24 bits per heavy atom. The van der Waals surface area contributed by atoms with Gasteiger partial charge in [-0.1, -0.05) is 30.3 Å². The SMILES string of the molecule is C=CCc1nc(CCO)[nH]c1CC(=O)O.c1ccc2ncccc2c1. The van der Waals surface area contributed by atoms with E-state index in [4.69, 9.17) is 10.2 Å². The summed E-state index contributed by atoms with van der Waals surface area (Å²) in [6.45, 7) is 3.57. The van der Waals surface area contributed by atoms with Gasteiger partial charge >= 0.3 is 5.97 Å². The molecule has 1 aromatic carbocycles. The highest BCUT2D eigenvalue weighted by molar-refractivity contribution is 5.77. The van der Waals surface area contributed by atoms with Crippen LogP contribution in [0.5, 0.6) is 0 Å². The molecule has 0 atom stereocenters. The summed E-state index contributed by atoms with van der Waals surface area (Å²) in [4.78, 5) is 21.8. The smallest absolute Gasteiger partial charge is 0.309 e. The van der Waals surface area contributed by atoms with Crippen molar-refractivity contribution >= 4 is 16.9 Å². The predicted octanol–water partition coefficient (Wildman–Crippen LogP) is 2.53. The van der Waals surface area contributed by atoms with E-state index in [0.29, 0.717) is 30.1 Å². The lowest BCUT2D eigenvalue weighted by molar-refractivity contribution is -0.136. The fourth-order valence-corrected chi connectivity index (χ4v) is 2.35. The van der Waals surface area contributed by atoms with Crippen LogP contribution in [0.3, 0.4) is 0 Å². The Balaban J connectivity index is 0.000000194. The first-order valence-electron chi connectivity index (χ1n) is 7.94. The van der Waals surface area contributed by atoms with E-state index in [1.165, 1.54) is 5.39 Å². The maximum atomic E-state index is 10.6. The Morgan fingerprint density at radius 2 is 2.00 bits per heavy atom. The molecular formula is C19H21N3O3. The molecule has 0 amide bonds. The monoisotopic (exact) mass is 339 g/mol. The lowest BCUT2D eigenvalue weighted by Crippen LogP contribution is -2.03. The second kappa shape index (κ2) is 9.34. The maximum Gasteiger partial charge on any atom is 0.309 e. The summed E-state index contributed by atoms with van der Waals surface area (Å²) in [6, 6.07) is 12.1. The molecule has 2 aromatic heterocycles. The molecule has 0 saturated carbocycles. The number of nitrogens with zero attached hydrogens (tertiary/aromatic N) is 2. The van der Waals surface area contributed by atoms with E-state index < -0.39 is 5.97 Å². The number of hydrogen-bond donors (Lipinski definition) is 3. The zero-order valence-corrected chi connectivity index (χ0v) is 13.9. The van der Waals surface area contributed by atoms with E-state index in [2.05, 4.69) is 33.7 Å². The van der Waals surface area contributed by atoms with Crippen LogP contribution >= 0.6 is 0 Å². The zero-order chi connectivity index (χ0) is 18.1. The van der Waals surface area contributed by atoms with E-state index in [1.807, 2.05) is 30.5 Å². The van der Waals surface area contributed by atoms with Gasteiger partial charge in [-0.15, -0.1) is 6.58 Å². The number of H-pyrrole nitrogens is 1. The van der Waals surface area contributed by atoms with E-state index in [0.717, 1.165) is 5.52 Å².